The standard InChI is InChI=1S/C43H61N3O8S2/c1-5-45(6-2)33-23-26-36-39(30-33)54-40-31-34(46(7-3)8-4)24-27-37(40)43(36)38-28-25-35(32-41(38)56(51,52)53)55(49,50)44-29-21-19-17-15-13-11-9-10-12-14-16-18-20-22-42(47)48/h23-28,30-32,44H,5-22,29H2,1-4H3,(H-,47,48,51,52,53). The van der Waals surface area contributed by atoms with Crippen LogP contribution >= 0.6 is 0 Å². The molecule has 0 spiro atoms. The van der Waals surface area contributed by atoms with Crippen LogP contribution in [0.1, 0.15) is 118 Å². The fourth-order valence-electron chi connectivity index (χ4n) is 7.45. The summed E-state index contributed by atoms with van der Waals surface area (Å²) in [5.74, 6) is -0.208. The molecule has 0 fully saturated rings. The Hall–Kier alpha value is -3.78. The first kappa shape index (κ1) is 44.9. The number of aliphatic carboxylic acids is 1. The maximum Gasteiger partial charge on any atom is 0.303 e. The predicted octanol–water partition coefficient (Wildman–Crippen LogP) is 8.59. The van der Waals surface area contributed by atoms with Gasteiger partial charge in [-0.05, 0) is 70.9 Å². The van der Waals surface area contributed by atoms with Gasteiger partial charge in [-0.2, -0.15) is 0 Å². The molecule has 0 unspecified atom stereocenters. The van der Waals surface area contributed by atoms with Gasteiger partial charge in [-0.3, -0.25) is 4.79 Å². The first-order valence-corrected chi connectivity index (χ1v) is 23.4. The van der Waals surface area contributed by atoms with Crippen LogP contribution in [0.3, 0.4) is 0 Å². The molecule has 0 amide bonds. The minimum Gasteiger partial charge on any atom is -0.744 e. The van der Waals surface area contributed by atoms with E-state index < -0.39 is 31.0 Å². The van der Waals surface area contributed by atoms with Crippen molar-refractivity contribution in [2.24, 2.45) is 0 Å². The zero-order valence-electron chi connectivity index (χ0n) is 33.6. The average molecular weight is 812 g/mol. The third kappa shape index (κ3) is 12.4. The molecule has 2 aromatic carbocycles. The summed E-state index contributed by atoms with van der Waals surface area (Å²) < 4.78 is 76.8. The van der Waals surface area contributed by atoms with Crippen molar-refractivity contribution in [2.75, 3.05) is 37.6 Å². The average Bonchev–Trinajstić information content (AvgIpc) is 3.17. The number of fused-ring (bicyclic) bond motifs is 2. The lowest BCUT2D eigenvalue weighted by atomic mass is 9.93. The molecule has 0 radical (unpaired) electrons. The lowest BCUT2D eigenvalue weighted by Crippen LogP contribution is -2.29. The van der Waals surface area contributed by atoms with Gasteiger partial charge in [0.25, 0.3) is 0 Å². The third-order valence-electron chi connectivity index (χ3n) is 10.6. The number of sulfonamides is 1. The van der Waals surface area contributed by atoms with E-state index in [0.29, 0.717) is 34.3 Å². The Kier molecular flexibility index (Phi) is 17.4. The Morgan fingerprint density at radius 3 is 1.86 bits per heavy atom. The fourth-order valence-corrected chi connectivity index (χ4v) is 9.33. The second kappa shape index (κ2) is 21.7. The molecule has 308 valence electrons. The van der Waals surface area contributed by atoms with Crippen molar-refractivity contribution in [2.45, 2.75) is 127 Å². The van der Waals surface area contributed by atoms with E-state index in [0.717, 1.165) is 94.7 Å². The van der Waals surface area contributed by atoms with E-state index in [1.54, 1.807) is 0 Å². The van der Waals surface area contributed by atoms with Gasteiger partial charge < -0.3 is 19.0 Å². The summed E-state index contributed by atoms with van der Waals surface area (Å²) in [7, 11) is -9.22. The molecular weight excluding hydrogens is 751 g/mol. The molecule has 0 bridgehead atoms. The molecule has 0 saturated heterocycles. The minimum atomic E-state index is -5.12. The van der Waals surface area contributed by atoms with Crippen molar-refractivity contribution >= 4 is 42.8 Å². The SMILES string of the molecule is CCN(CC)c1ccc2c(-c3ccc(S(=O)(=O)NCCCCCCCCCCCCCCCC(=O)O)cc3S(=O)(=O)[O-])c3ccc(=[N+](CC)CC)cc-3oc2c1. The molecule has 1 aliphatic carbocycles. The number of anilines is 1. The largest absolute Gasteiger partial charge is 0.744 e. The summed E-state index contributed by atoms with van der Waals surface area (Å²) in [6.07, 6.45) is 13.7. The number of rotatable bonds is 25. The highest BCUT2D eigenvalue weighted by Crippen LogP contribution is 2.43. The number of unbranched alkanes of at least 4 members (excludes halogenated alkanes) is 12. The van der Waals surface area contributed by atoms with Gasteiger partial charge in [0.2, 0.25) is 15.4 Å². The van der Waals surface area contributed by atoms with Crippen molar-refractivity contribution in [1.82, 2.24) is 9.30 Å². The van der Waals surface area contributed by atoms with E-state index in [1.807, 2.05) is 36.4 Å². The second-order valence-electron chi connectivity index (χ2n) is 14.4. The second-order valence-corrected chi connectivity index (χ2v) is 17.5. The summed E-state index contributed by atoms with van der Waals surface area (Å²) in [5.41, 5.74) is 2.65. The van der Waals surface area contributed by atoms with Crippen LogP contribution in [-0.4, -0.2) is 65.2 Å². The topological polar surface area (TPSA) is 160 Å². The monoisotopic (exact) mass is 811 g/mol. The van der Waals surface area contributed by atoms with Crippen molar-refractivity contribution in [3.05, 3.63) is 60.0 Å². The molecule has 1 aliphatic heterocycles. The Morgan fingerprint density at radius 2 is 1.30 bits per heavy atom. The van der Waals surface area contributed by atoms with Crippen LogP contribution in [0.4, 0.5) is 5.69 Å². The highest BCUT2D eigenvalue weighted by molar-refractivity contribution is 7.89. The number of hydrogen-bond donors (Lipinski definition) is 2. The summed E-state index contributed by atoms with van der Waals surface area (Å²) >= 11 is 0. The molecule has 13 heteroatoms. The van der Waals surface area contributed by atoms with E-state index in [-0.39, 0.29) is 23.4 Å². The van der Waals surface area contributed by atoms with Crippen molar-refractivity contribution in [3.8, 4) is 22.5 Å². The Morgan fingerprint density at radius 1 is 0.732 bits per heavy atom. The zero-order valence-corrected chi connectivity index (χ0v) is 35.3. The molecule has 11 nitrogen and oxygen atoms in total. The van der Waals surface area contributed by atoms with Crippen LogP contribution in [0.15, 0.2) is 68.8 Å². The van der Waals surface area contributed by atoms with Gasteiger partial charge in [-0.15, -0.1) is 0 Å². The number of hydrogen-bond acceptors (Lipinski definition) is 8. The van der Waals surface area contributed by atoms with Crippen LogP contribution in [0.2, 0.25) is 0 Å². The third-order valence-corrected chi connectivity index (χ3v) is 12.9. The van der Waals surface area contributed by atoms with Crippen LogP contribution in [0, 0.1) is 0 Å². The van der Waals surface area contributed by atoms with Crippen molar-refractivity contribution in [3.63, 3.8) is 0 Å². The van der Waals surface area contributed by atoms with E-state index in [2.05, 4.69) is 41.9 Å². The number of nitrogens with one attached hydrogen (secondary N) is 1. The Labute approximate surface area is 334 Å². The van der Waals surface area contributed by atoms with Gasteiger partial charge in [0.05, 0.1) is 15.9 Å². The Balaban J connectivity index is 1.47. The fraction of sp³-hybridized carbons (Fsp3) is 0.535. The highest BCUT2D eigenvalue weighted by atomic mass is 32.2. The summed E-state index contributed by atoms with van der Waals surface area (Å²) in [5, 5.41) is 10.2. The number of carboxylic acids is 1. The normalized spacial score (nSPS) is 12.1. The van der Waals surface area contributed by atoms with E-state index in [9.17, 15) is 26.2 Å². The maximum absolute atomic E-state index is 13.4. The maximum atomic E-state index is 13.4. The summed E-state index contributed by atoms with van der Waals surface area (Å²) in [6.45, 7) is 11.6. The molecule has 0 saturated carbocycles. The van der Waals surface area contributed by atoms with Crippen LogP contribution in [-0.2, 0) is 24.9 Å². The molecule has 0 atom stereocenters. The summed E-state index contributed by atoms with van der Waals surface area (Å²) in [6, 6.07) is 15.2. The molecule has 1 heterocycles. The zero-order chi connectivity index (χ0) is 40.7. The van der Waals surface area contributed by atoms with Gasteiger partial charge in [0.1, 0.15) is 34.6 Å². The highest BCUT2D eigenvalue weighted by Gasteiger charge is 2.25. The van der Waals surface area contributed by atoms with E-state index in [1.165, 1.54) is 37.8 Å². The molecule has 2 N–H and O–H groups in total. The van der Waals surface area contributed by atoms with E-state index >= 15 is 0 Å². The van der Waals surface area contributed by atoms with Crippen LogP contribution in [0.5, 0.6) is 0 Å². The first-order chi connectivity index (χ1) is 26.8. The first-order valence-electron chi connectivity index (χ1n) is 20.5. The van der Waals surface area contributed by atoms with Crippen LogP contribution in [0.25, 0.3) is 33.4 Å². The molecule has 4 rings (SSSR count). The van der Waals surface area contributed by atoms with Gasteiger partial charge in [-0.1, -0.05) is 76.7 Å². The number of carboxylic acid groups (broad SMARTS) is 1. The van der Waals surface area contributed by atoms with Crippen LogP contribution < -0.4 is 19.6 Å². The molecule has 2 aromatic rings. The molecule has 0 aromatic heterocycles. The van der Waals surface area contributed by atoms with Gasteiger partial charge >= 0.3 is 5.97 Å². The summed E-state index contributed by atoms with van der Waals surface area (Å²) in [4.78, 5) is 11.9. The molecular formula is C43H61N3O8S2. The van der Waals surface area contributed by atoms with Gasteiger partial charge in [-0.25, -0.2) is 26.1 Å². The van der Waals surface area contributed by atoms with Gasteiger partial charge in [0, 0.05) is 66.0 Å². The number of carbonyl (C=O) groups is 1. The molecule has 56 heavy (non-hydrogen) atoms. The predicted molar refractivity (Wildman–Crippen MR) is 224 cm³/mol. The van der Waals surface area contributed by atoms with Crippen molar-refractivity contribution in [1.29, 1.82) is 0 Å². The quantitative estimate of drug-likeness (QED) is 0.0289. The smallest absolute Gasteiger partial charge is 0.303 e. The van der Waals surface area contributed by atoms with Crippen molar-refractivity contribution < 1.29 is 35.7 Å². The lowest BCUT2D eigenvalue weighted by Gasteiger charge is -2.23. The minimum absolute atomic E-state index is 0.115. The Bertz CT molecular complexity index is 2150. The number of benzene rings is 3. The lowest BCUT2D eigenvalue weighted by molar-refractivity contribution is -0.137. The van der Waals surface area contributed by atoms with Gasteiger partial charge in [0.15, 0.2) is 0 Å². The number of nitrogens with zero attached hydrogens (tertiary/aromatic N) is 2. The molecule has 2 aliphatic rings. The van der Waals surface area contributed by atoms with E-state index in [4.69, 9.17) is 9.52 Å².